The number of nitrogens with zero attached hydrogens (tertiary/aromatic N) is 2. The lowest BCUT2D eigenvalue weighted by atomic mass is 10.0. The second-order valence-electron chi connectivity index (χ2n) is 6.43. The van der Waals surface area contributed by atoms with Crippen LogP contribution >= 0.6 is 0 Å². The third kappa shape index (κ3) is 2.91. The van der Waals surface area contributed by atoms with Crippen molar-refractivity contribution in [2.24, 2.45) is 5.92 Å². The zero-order chi connectivity index (χ0) is 16.6. The van der Waals surface area contributed by atoms with Crippen molar-refractivity contribution in [3.8, 4) is 5.75 Å². The Bertz CT molecular complexity index is 630. The second-order valence-corrected chi connectivity index (χ2v) is 6.43. The molecule has 1 fully saturated rings. The molecule has 23 heavy (non-hydrogen) atoms. The number of nitrogens with one attached hydrogen (secondary N) is 1. The summed E-state index contributed by atoms with van der Waals surface area (Å²) >= 11 is 0. The number of para-hydroxylation sites is 1. The summed E-state index contributed by atoms with van der Waals surface area (Å²) in [5, 5.41) is 2.75. The highest BCUT2D eigenvalue weighted by Gasteiger charge is 2.37. The van der Waals surface area contributed by atoms with Crippen molar-refractivity contribution >= 4 is 17.5 Å². The fourth-order valence-electron chi connectivity index (χ4n) is 3.46. The van der Waals surface area contributed by atoms with E-state index in [9.17, 15) is 9.59 Å². The molecule has 2 heterocycles. The van der Waals surface area contributed by atoms with Crippen molar-refractivity contribution in [1.29, 1.82) is 0 Å². The Hall–Kier alpha value is -2.08. The number of likely N-dealkylation sites (N-methyl/N-ethyl adjacent to an activating group) is 1. The lowest BCUT2D eigenvalue weighted by molar-refractivity contribution is -0.118. The fraction of sp³-hybridized carbons (Fsp3) is 0.529. The number of hydrogen-bond acceptors (Lipinski definition) is 4. The number of carbonyl (C=O) groups excluding carboxylic acids is 2. The van der Waals surface area contributed by atoms with Crippen LogP contribution in [-0.2, 0) is 4.79 Å². The fourth-order valence-corrected chi connectivity index (χ4v) is 3.46. The Balaban J connectivity index is 1.85. The van der Waals surface area contributed by atoms with E-state index in [0.29, 0.717) is 29.0 Å². The van der Waals surface area contributed by atoms with Crippen LogP contribution in [0.5, 0.6) is 5.75 Å². The van der Waals surface area contributed by atoms with Gasteiger partial charge in [-0.05, 0) is 32.1 Å². The molecule has 2 aliphatic rings. The van der Waals surface area contributed by atoms with Crippen LogP contribution in [0.1, 0.15) is 23.7 Å². The lowest BCUT2D eigenvalue weighted by Gasteiger charge is -2.24. The number of benzene rings is 1. The molecule has 0 spiro atoms. The third-order valence-electron chi connectivity index (χ3n) is 4.75. The summed E-state index contributed by atoms with van der Waals surface area (Å²) in [6, 6.07) is 5.68. The van der Waals surface area contributed by atoms with Crippen LogP contribution in [0.3, 0.4) is 0 Å². The SMILES string of the molecule is CC[C@H]1CN(C(=O)c2cccc3c2OCC(=O)N3)C[C@H]1N(C)C. The molecule has 124 valence electrons. The predicted octanol–water partition coefficient (Wildman–Crippen LogP) is 1.43. The van der Waals surface area contributed by atoms with Gasteiger partial charge in [0.15, 0.2) is 12.4 Å². The van der Waals surface area contributed by atoms with Crippen molar-refractivity contribution < 1.29 is 14.3 Å². The molecule has 0 radical (unpaired) electrons. The molecule has 0 aliphatic carbocycles. The molecule has 6 heteroatoms. The van der Waals surface area contributed by atoms with Crippen LogP contribution in [0.25, 0.3) is 0 Å². The average Bonchev–Trinajstić information content (AvgIpc) is 2.98. The van der Waals surface area contributed by atoms with Gasteiger partial charge in [-0.15, -0.1) is 0 Å². The van der Waals surface area contributed by atoms with Crippen LogP contribution in [0.15, 0.2) is 18.2 Å². The first kappa shape index (κ1) is 15.8. The van der Waals surface area contributed by atoms with Gasteiger partial charge in [0.25, 0.3) is 11.8 Å². The van der Waals surface area contributed by atoms with Gasteiger partial charge in [-0.3, -0.25) is 9.59 Å². The number of likely N-dealkylation sites (tertiary alicyclic amines) is 1. The Morgan fingerprint density at radius 2 is 2.17 bits per heavy atom. The van der Waals surface area contributed by atoms with Gasteiger partial charge >= 0.3 is 0 Å². The molecule has 1 aromatic rings. The Morgan fingerprint density at radius 1 is 1.39 bits per heavy atom. The van der Waals surface area contributed by atoms with E-state index >= 15 is 0 Å². The van der Waals surface area contributed by atoms with Gasteiger partial charge in [0.2, 0.25) is 0 Å². The van der Waals surface area contributed by atoms with Crippen LogP contribution in [0, 0.1) is 5.92 Å². The highest BCUT2D eigenvalue weighted by Crippen LogP contribution is 2.34. The average molecular weight is 317 g/mol. The maximum atomic E-state index is 12.9. The zero-order valence-corrected chi connectivity index (χ0v) is 13.8. The Morgan fingerprint density at radius 3 is 2.83 bits per heavy atom. The first-order chi connectivity index (χ1) is 11.0. The van der Waals surface area contributed by atoms with E-state index in [2.05, 4.69) is 31.2 Å². The Kier molecular flexibility index (Phi) is 4.26. The van der Waals surface area contributed by atoms with Gasteiger partial charge in [0.05, 0.1) is 11.3 Å². The van der Waals surface area contributed by atoms with Gasteiger partial charge in [-0.25, -0.2) is 0 Å². The van der Waals surface area contributed by atoms with E-state index in [1.165, 1.54) is 0 Å². The molecule has 0 bridgehead atoms. The van der Waals surface area contributed by atoms with Crippen molar-refractivity contribution in [3.05, 3.63) is 23.8 Å². The maximum absolute atomic E-state index is 12.9. The monoisotopic (exact) mass is 317 g/mol. The van der Waals surface area contributed by atoms with E-state index in [4.69, 9.17) is 4.74 Å². The molecule has 0 unspecified atom stereocenters. The van der Waals surface area contributed by atoms with Crippen LogP contribution < -0.4 is 10.1 Å². The van der Waals surface area contributed by atoms with Crippen LogP contribution in [0.4, 0.5) is 5.69 Å². The van der Waals surface area contributed by atoms with Gasteiger partial charge in [0.1, 0.15) is 0 Å². The molecule has 1 saturated heterocycles. The van der Waals surface area contributed by atoms with Crippen LogP contribution in [0.2, 0.25) is 0 Å². The summed E-state index contributed by atoms with van der Waals surface area (Å²) in [7, 11) is 4.12. The summed E-state index contributed by atoms with van der Waals surface area (Å²) in [5.41, 5.74) is 1.10. The van der Waals surface area contributed by atoms with Crippen LogP contribution in [-0.4, -0.2) is 61.4 Å². The number of ether oxygens (including phenoxy) is 1. The van der Waals surface area contributed by atoms with Gasteiger partial charge in [-0.1, -0.05) is 19.4 Å². The molecule has 2 atom stereocenters. The molecule has 2 amide bonds. The largest absolute Gasteiger partial charge is 0.481 e. The van der Waals surface area contributed by atoms with Crippen molar-refractivity contribution in [2.45, 2.75) is 19.4 Å². The predicted molar refractivity (Wildman–Crippen MR) is 87.7 cm³/mol. The molecule has 6 nitrogen and oxygen atoms in total. The third-order valence-corrected chi connectivity index (χ3v) is 4.75. The summed E-state index contributed by atoms with van der Waals surface area (Å²) in [6.07, 6.45) is 1.05. The lowest BCUT2D eigenvalue weighted by Crippen LogP contribution is -2.36. The molecule has 3 rings (SSSR count). The van der Waals surface area contributed by atoms with Crippen molar-refractivity contribution in [3.63, 3.8) is 0 Å². The number of fused-ring (bicyclic) bond motifs is 1. The summed E-state index contributed by atoms with van der Waals surface area (Å²) in [4.78, 5) is 28.5. The molecule has 0 aromatic heterocycles. The van der Waals surface area contributed by atoms with E-state index in [1.807, 2.05) is 4.90 Å². The minimum atomic E-state index is -0.193. The highest BCUT2D eigenvalue weighted by molar-refractivity contribution is 6.03. The molecule has 0 saturated carbocycles. The number of rotatable bonds is 3. The standard InChI is InChI=1S/C17H23N3O3/c1-4-11-8-20(9-14(11)19(2)3)17(22)12-6-5-7-13-16(12)23-10-15(21)18-13/h5-7,11,14H,4,8-10H2,1-3H3,(H,18,21)/t11-,14+/m0/s1. The smallest absolute Gasteiger partial charge is 0.262 e. The van der Waals surface area contributed by atoms with E-state index in [-0.39, 0.29) is 18.4 Å². The first-order valence-electron chi connectivity index (χ1n) is 8.02. The van der Waals surface area contributed by atoms with E-state index in [1.54, 1.807) is 18.2 Å². The molecular formula is C17H23N3O3. The van der Waals surface area contributed by atoms with E-state index < -0.39 is 0 Å². The normalized spacial score (nSPS) is 23.5. The second kappa shape index (κ2) is 6.20. The van der Waals surface area contributed by atoms with Crippen molar-refractivity contribution in [2.75, 3.05) is 39.1 Å². The summed E-state index contributed by atoms with van der Waals surface area (Å²) in [6.45, 7) is 3.60. The quantitative estimate of drug-likeness (QED) is 0.916. The van der Waals surface area contributed by atoms with Gasteiger partial charge in [-0.2, -0.15) is 0 Å². The first-order valence-corrected chi connectivity index (χ1v) is 8.02. The number of anilines is 1. The summed E-state index contributed by atoms with van der Waals surface area (Å²) in [5.74, 6) is 0.746. The molecule has 1 aromatic carbocycles. The number of hydrogen-bond donors (Lipinski definition) is 1. The number of carbonyl (C=O) groups is 2. The van der Waals surface area contributed by atoms with Gasteiger partial charge < -0.3 is 19.9 Å². The number of amides is 2. The molecule has 2 aliphatic heterocycles. The molecule has 1 N–H and O–H groups in total. The minimum absolute atomic E-state index is 0.0270. The topological polar surface area (TPSA) is 61.9 Å². The van der Waals surface area contributed by atoms with Crippen molar-refractivity contribution in [1.82, 2.24) is 9.80 Å². The zero-order valence-electron chi connectivity index (χ0n) is 13.8. The van der Waals surface area contributed by atoms with E-state index in [0.717, 1.165) is 19.5 Å². The highest BCUT2D eigenvalue weighted by atomic mass is 16.5. The summed E-state index contributed by atoms with van der Waals surface area (Å²) < 4.78 is 5.51. The van der Waals surface area contributed by atoms with Gasteiger partial charge in [0, 0.05) is 19.1 Å². The maximum Gasteiger partial charge on any atom is 0.262 e. The Labute approximate surface area is 136 Å². The molecular weight excluding hydrogens is 294 g/mol. The minimum Gasteiger partial charge on any atom is -0.481 e.